The molecule has 32 heavy (non-hydrogen) atoms. The number of esters is 1. The molecule has 1 aliphatic heterocycles. The van der Waals surface area contributed by atoms with Gasteiger partial charge in [-0.1, -0.05) is 24.3 Å². The van der Waals surface area contributed by atoms with Crippen LogP contribution in [0.5, 0.6) is 0 Å². The normalized spacial score (nSPS) is 15.3. The van der Waals surface area contributed by atoms with Gasteiger partial charge < -0.3 is 9.64 Å². The van der Waals surface area contributed by atoms with E-state index in [9.17, 15) is 18.8 Å². The second-order valence-corrected chi connectivity index (χ2v) is 7.46. The molecule has 0 N–H and O–H groups in total. The Kier molecular flexibility index (Phi) is 5.73. The summed E-state index contributed by atoms with van der Waals surface area (Å²) < 4.78 is 18.0. The van der Waals surface area contributed by atoms with Crippen molar-refractivity contribution in [3.05, 3.63) is 95.3 Å². The number of ether oxygens (including phenoxy) is 1. The van der Waals surface area contributed by atoms with Crippen LogP contribution in [0.3, 0.4) is 0 Å². The molecular formula is C25H21FN2O4. The Morgan fingerprint density at radius 3 is 2.12 bits per heavy atom. The average molecular weight is 432 g/mol. The number of anilines is 2. The predicted molar refractivity (Wildman–Crippen MR) is 118 cm³/mol. The van der Waals surface area contributed by atoms with E-state index in [4.69, 9.17) is 4.74 Å². The third kappa shape index (κ3) is 3.85. The smallest absolute Gasteiger partial charge is 0.337 e. The molecule has 0 aliphatic carbocycles. The monoisotopic (exact) mass is 432 g/mol. The molecule has 0 unspecified atom stereocenters. The fourth-order valence-electron chi connectivity index (χ4n) is 3.79. The van der Waals surface area contributed by atoms with Gasteiger partial charge >= 0.3 is 5.97 Å². The highest BCUT2D eigenvalue weighted by molar-refractivity contribution is 6.17. The average Bonchev–Trinajstić information content (AvgIpc) is 2.82. The van der Waals surface area contributed by atoms with Crippen LogP contribution in [0.4, 0.5) is 15.8 Å². The highest BCUT2D eigenvalue weighted by Crippen LogP contribution is 2.37. The Labute approximate surface area is 184 Å². The second-order valence-electron chi connectivity index (χ2n) is 7.46. The molecule has 0 bridgehead atoms. The lowest BCUT2D eigenvalue weighted by Gasteiger charge is -2.40. The summed E-state index contributed by atoms with van der Waals surface area (Å²) in [5.41, 5.74) is 2.74. The minimum absolute atomic E-state index is 0.240. The lowest BCUT2D eigenvalue weighted by Crippen LogP contribution is -2.54. The van der Waals surface area contributed by atoms with Crippen molar-refractivity contribution in [2.75, 3.05) is 16.9 Å². The van der Waals surface area contributed by atoms with E-state index in [-0.39, 0.29) is 18.4 Å². The fraction of sp³-hybridized carbons (Fsp3) is 0.160. The third-order valence-corrected chi connectivity index (χ3v) is 5.47. The van der Waals surface area contributed by atoms with Gasteiger partial charge in [-0.15, -0.1) is 0 Å². The first kappa shape index (κ1) is 21.2. The van der Waals surface area contributed by atoms with Crippen LogP contribution in [0.2, 0.25) is 0 Å². The van der Waals surface area contributed by atoms with Crippen molar-refractivity contribution < 1.29 is 23.5 Å². The standard InChI is InChI=1S/C25H21FN2O4/c1-16-23(29)27(15-17-7-9-19(10-8-17)25(31)32-2)21-5-3-4-6-22(21)28(16)24(30)18-11-13-20(26)14-12-18/h3-14,16H,15H2,1-2H3/t16-/m1/s1. The van der Waals surface area contributed by atoms with Gasteiger partial charge in [0.05, 0.1) is 30.6 Å². The zero-order valence-corrected chi connectivity index (χ0v) is 17.6. The zero-order chi connectivity index (χ0) is 22.8. The molecule has 162 valence electrons. The number of rotatable bonds is 4. The molecule has 6 nitrogen and oxygen atoms in total. The number of amides is 2. The molecule has 2 amide bonds. The first-order valence-electron chi connectivity index (χ1n) is 10.1. The van der Waals surface area contributed by atoms with E-state index >= 15 is 0 Å². The first-order chi connectivity index (χ1) is 15.4. The first-order valence-corrected chi connectivity index (χ1v) is 10.1. The topological polar surface area (TPSA) is 66.9 Å². The summed E-state index contributed by atoms with van der Waals surface area (Å²) in [4.78, 5) is 41.3. The minimum Gasteiger partial charge on any atom is -0.465 e. The molecule has 3 aromatic rings. The van der Waals surface area contributed by atoms with Crippen molar-refractivity contribution in [1.82, 2.24) is 0 Å². The van der Waals surface area contributed by atoms with E-state index in [1.54, 1.807) is 60.4 Å². The van der Waals surface area contributed by atoms with Gasteiger partial charge in [-0.05, 0) is 61.0 Å². The Bertz CT molecular complexity index is 1180. The van der Waals surface area contributed by atoms with Gasteiger partial charge in [0.1, 0.15) is 11.9 Å². The number of carbonyl (C=O) groups is 3. The summed E-state index contributed by atoms with van der Waals surface area (Å²) in [6, 6.07) is 18.5. The van der Waals surface area contributed by atoms with Crippen LogP contribution in [0.25, 0.3) is 0 Å². The van der Waals surface area contributed by atoms with Crippen LogP contribution in [-0.2, 0) is 16.1 Å². The molecule has 7 heteroatoms. The summed E-state index contributed by atoms with van der Waals surface area (Å²) in [5.74, 6) is -1.48. The van der Waals surface area contributed by atoms with E-state index in [1.165, 1.54) is 36.3 Å². The van der Waals surface area contributed by atoms with Crippen LogP contribution < -0.4 is 9.80 Å². The van der Waals surface area contributed by atoms with E-state index in [0.29, 0.717) is 22.5 Å². The maximum absolute atomic E-state index is 13.3. The number of hydrogen-bond acceptors (Lipinski definition) is 4. The number of hydrogen-bond donors (Lipinski definition) is 0. The molecule has 0 aromatic heterocycles. The van der Waals surface area contributed by atoms with Crippen LogP contribution in [0, 0.1) is 5.82 Å². The Balaban J connectivity index is 1.67. The highest BCUT2D eigenvalue weighted by Gasteiger charge is 2.38. The molecule has 4 rings (SSSR count). The SMILES string of the molecule is COC(=O)c1ccc(CN2C(=O)[C@@H](C)N(C(=O)c3ccc(F)cc3)c3ccccc32)cc1. The predicted octanol–water partition coefficient (Wildman–Crippen LogP) is 4.19. The van der Waals surface area contributed by atoms with Crippen molar-refractivity contribution in [3.63, 3.8) is 0 Å². The summed E-state index contributed by atoms with van der Waals surface area (Å²) in [5, 5.41) is 0. The minimum atomic E-state index is -0.753. The van der Waals surface area contributed by atoms with Crippen molar-refractivity contribution >= 4 is 29.2 Å². The van der Waals surface area contributed by atoms with Crippen LogP contribution >= 0.6 is 0 Å². The van der Waals surface area contributed by atoms with Crippen molar-refractivity contribution in [3.8, 4) is 0 Å². The van der Waals surface area contributed by atoms with Gasteiger partial charge in [-0.3, -0.25) is 14.5 Å². The van der Waals surface area contributed by atoms with E-state index < -0.39 is 17.8 Å². The Hall–Kier alpha value is -4.00. The number of halogens is 1. The van der Waals surface area contributed by atoms with E-state index in [0.717, 1.165) is 5.56 Å². The van der Waals surface area contributed by atoms with Crippen LogP contribution in [0.1, 0.15) is 33.2 Å². The fourth-order valence-corrected chi connectivity index (χ4v) is 3.79. The lowest BCUT2D eigenvalue weighted by atomic mass is 10.0. The van der Waals surface area contributed by atoms with Crippen molar-refractivity contribution in [1.29, 1.82) is 0 Å². The molecule has 0 saturated carbocycles. The van der Waals surface area contributed by atoms with Crippen molar-refractivity contribution in [2.24, 2.45) is 0 Å². The second kappa shape index (κ2) is 8.63. The largest absolute Gasteiger partial charge is 0.465 e. The van der Waals surface area contributed by atoms with E-state index in [2.05, 4.69) is 0 Å². The van der Waals surface area contributed by atoms with Gasteiger partial charge in [-0.25, -0.2) is 9.18 Å². The number of benzene rings is 3. The Morgan fingerprint density at radius 2 is 1.50 bits per heavy atom. The number of para-hydroxylation sites is 2. The van der Waals surface area contributed by atoms with Crippen molar-refractivity contribution in [2.45, 2.75) is 19.5 Å². The van der Waals surface area contributed by atoms with Gasteiger partial charge in [0.25, 0.3) is 5.91 Å². The molecular weight excluding hydrogens is 411 g/mol. The van der Waals surface area contributed by atoms with Crippen LogP contribution in [-0.4, -0.2) is 30.9 Å². The summed E-state index contributed by atoms with van der Waals surface area (Å²) in [6.45, 7) is 1.95. The number of nitrogens with zero attached hydrogens (tertiary/aromatic N) is 2. The number of carbonyl (C=O) groups excluding carboxylic acids is 3. The Morgan fingerprint density at radius 1 is 0.906 bits per heavy atom. The molecule has 3 aromatic carbocycles. The molecule has 0 radical (unpaired) electrons. The lowest BCUT2D eigenvalue weighted by molar-refractivity contribution is -0.119. The molecule has 0 saturated heterocycles. The summed E-state index contributed by atoms with van der Waals surface area (Å²) in [7, 11) is 1.32. The molecule has 1 heterocycles. The van der Waals surface area contributed by atoms with Gasteiger partial charge in [-0.2, -0.15) is 0 Å². The van der Waals surface area contributed by atoms with Gasteiger partial charge in [0, 0.05) is 5.56 Å². The summed E-state index contributed by atoms with van der Waals surface area (Å²) >= 11 is 0. The van der Waals surface area contributed by atoms with Gasteiger partial charge in [0.15, 0.2) is 0 Å². The third-order valence-electron chi connectivity index (χ3n) is 5.47. The maximum Gasteiger partial charge on any atom is 0.337 e. The zero-order valence-electron chi connectivity index (χ0n) is 17.6. The quantitative estimate of drug-likeness (QED) is 0.580. The van der Waals surface area contributed by atoms with Crippen LogP contribution in [0.15, 0.2) is 72.8 Å². The maximum atomic E-state index is 13.3. The van der Waals surface area contributed by atoms with E-state index in [1.807, 2.05) is 0 Å². The van der Waals surface area contributed by atoms with Gasteiger partial charge in [0.2, 0.25) is 5.91 Å². The highest BCUT2D eigenvalue weighted by atomic mass is 19.1. The molecule has 0 spiro atoms. The molecule has 1 aliphatic rings. The number of methoxy groups -OCH3 is 1. The molecule has 0 fully saturated rings. The molecule has 1 atom stereocenters. The number of fused-ring (bicyclic) bond motifs is 1. The summed E-state index contributed by atoms with van der Waals surface area (Å²) in [6.07, 6.45) is 0.